The molecule has 1 heterocycles. The van der Waals surface area contributed by atoms with E-state index >= 15 is 0 Å². The number of fused-ring (bicyclic) bond motifs is 1. The van der Waals surface area contributed by atoms with Gasteiger partial charge in [-0.25, -0.2) is 4.98 Å². The van der Waals surface area contributed by atoms with Crippen molar-refractivity contribution in [1.82, 2.24) is 4.98 Å². The summed E-state index contributed by atoms with van der Waals surface area (Å²) in [5.74, 6) is 0.973. The lowest BCUT2D eigenvalue weighted by Crippen LogP contribution is -1.99. The zero-order chi connectivity index (χ0) is 18.1. The van der Waals surface area contributed by atoms with E-state index in [9.17, 15) is 4.79 Å². The van der Waals surface area contributed by atoms with E-state index in [0.717, 1.165) is 39.6 Å². The number of rotatable bonds is 4. The molecule has 25 heavy (non-hydrogen) atoms. The molecular weight excluding hydrogens is 402 g/mol. The van der Waals surface area contributed by atoms with E-state index in [0.29, 0.717) is 15.2 Å². The van der Waals surface area contributed by atoms with Crippen molar-refractivity contribution in [3.63, 3.8) is 0 Å². The summed E-state index contributed by atoms with van der Waals surface area (Å²) >= 11 is 9.94. The van der Waals surface area contributed by atoms with Crippen molar-refractivity contribution < 1.29 is 9.53 Å². The van der Waals surface area contributed by atoms with Gasteiger partial charge >= 0.3 is 0 Å². The number of carbonyl (C=O) groups is 1. The quantitative estimate of drug-likeness (QED) is 0.370. The summed E-state index contributed by atoms with van der Waals surface area (Å²) in [6, 6.07) is 11.5. The molecule has 0 radical (unpaired) electrons. The molecule has 0 aliphatic carbocycles. The number of nitrogens with zero attached hydrogens (tertiary/aromatic N) is 1. The maximum Gasteiger partial charge on any atom is 0.151 e. The van der Waals surface area contributed by atoms with Gasteiger partial charge in [0.05, 0.1) is 12.6 Å². The Morgan fingerprint density at radius 2 is 1.88 bits per heavy atom. The third-order valence-corrected chi connectivity index (χ3v) is 5.15. The zero-order valence-electron chi connectivity index (χ0n) is 14.1. The molecule has 0 N–H and O–H groups in total. The molecule has 0 amide bonds. The first-order chi connectivity index (χ1) is 12.0. The summed E-state index contributed by atoms with van der Waals surface area (Å²) in [6.45, 7) is 4.17. The third-order valence-electron chi connectivity index (χ3n) is 4.18. The van der Waals surface area contributed by atoms with E-state index in [-0.39, 0.29) is 5.92 Å². The number of aromatic nitrogens is 1. The molecule has 0 atom stereocenters. The summed E-state index contributed by atoms with van der Waals surface area (Å²) in [7, 11) is 1.64. The summed E-state index contributed by atoms with van der Waals surface area (Å²) in [5, 5.41) is 1.39. The largest absolute Gasteiger partial charge is 0.497 e. The van der Waals surface area contributed by atoms with Gasteiger partial charge in [0.25, 0.3) is 0 Å². The fourth-order valence-electron chi connectivity index (χ4n) is 2.97. The fraction of sp³-hybridized carbons (Fsp3) is 0.200. The van der Waals surface area contributed by atoms with Crippen LogP contribution < -0.4 is 4.74 Å². The Morgan fingerprint density at radius 3 is 2.44 bits per heavy atom. The fourth-order valence-corrected chi connectivity index (χ4v) is 3.80. The van der Waals surface area contributed by atoms with Crippen LogP contribution in [0.25, 0.3) is 22.0 Å². The van der Waals surface area contributed by atoms with E-state index in [2.05, 4.69) is 34.8 Å². The Morgan fingerprint density at radius 1 is 1.20 bits per heavy atom. The number of methoxy groups -OCH3 is 1. The smallest absolute Gasteiger partial charge is 0.151 e. The van der Waals surface area contributed by atoms with Gasteiger partial charge in [-0.3, -0.25) is 4.79 Å². The standard InChI is InChI=1S/C20H17BrClNO2/c1-11(2)18-19(12-4-6-14(25-3)7-5-12)15-8-13(10-24)16(21)9-17(15)23-20(18)22/h4-11H,1-3H3. The average Bonchev–Trinajstić information content (AvgIpc) is 2.60. The molecule has 5 heteroatoms. The van der Waals surface area contributed by atoms with Gasteiger partial charge in [0.15, 0.2) is 6.29 Å². The van der Waals surface area contributed by atoms with Crippen LogP contribution in [0.4, 0.5) is 0 Å². The van der Waals surface area contributed by atoms with Crippen LogP contribution in [0.5, 0.6) is 5.75 Å². The lowest BCUT2D eigenvalue weighted by Gasteiger charge is -2.18. The van der Waals surface area contributed by atoms with Crippen LogP contribution in [0, 0.1) is 0 Å². The lowest BCUT2D eigenvalue weighted by atomic mass is 9.90. The molecule has 0 fully saturated rings. The van der Waals surface area contributed by atoms with Crippen LogP contribution in [0.15, 0.2) is 40.9 Å². The van der Waals surface area contributed by atoms with Crippen LogP contribution in [-0.2, 0) is 0 Å². The summed E-state index contributed by atoms with van der Waals surface area (Å²) in [5.41, 5.74) is 4.32. The predicted octanol–water partition coefficient (Wildman–Crippen LogP) is 6.26. The number of pyridine rings is 1. The molecule has 3 nitrogen and oxygen atoms in total. The maximum absolute atomic E-state index is 11.4. The van der Waals surface area contributed by atoms with Gasteiger partial charge in [-0.1, -0.05) is 37.6 Å². The van der Waals surface area contributed by atoms with E-state index in [1.165, 1.54) is 0 Å². The Bertz CT molecular complexity index is 952. The summed E-state index contributed by atoms with van der Waals surface area (Å²) in [6.07, 6.45) is 0.838. The van der Waals surface area contributed by atoms with Crippen molar-refractivity contribution >= 4 is 44.7 Å². The number of halogens is 2. The van der Waals surface area contributed by atoms with Gasteiger partial charge in [0, 0.05) is 21.0 Å². The van der Waals surface area contributed by atoms with Crippen molar-refractivity contribution in [2.24, 2.45) is 0 Å². The molecule has 128 valence electrons. The molecule has 3 rings (SSSR count). The second kappa shape index (κ2) is 7.14. The van der Waals surface area contributed by atoms with E-state index < -0.39 is 0 Å². The minimum absolute atomic E-state index is 0.185. The molecule has 2 aromatic carbocycles. The number of hydrogen-bond acceptors (Lipinski definition) is 3. The highest BCUT2D eigenvalue weighted by Gasteiger charge is 2.19. The first-order valence-electron chi connectivity index (χ1n) is 7.88. The minimum atomic E-state index is 0.185. The SMILES string of the molecule is COc1ccc(-c2c(C(C)C)c(Cl)nc3cc(Br)c(C=O)cc23)cc1. The van der Waals surface area contributed by atoms with Crippen molar-refractivity contribution in [3.8, 4) is 16.9 Å². The van der Waals surface area contributed by atoms with Crippen LogP contribution in [0.2, 0.25) is 5.15 Å². The van der Waals surface area contributed by atoms with Crippen LogP contribution in [0.3, 0.4) is 0 Å². The van der Waals surface area contributed by atoms with Gasteiger partial charge in [0.2, 0.25) is 0 Å². The maximum atomic E-state index is 11.4. The van der Waals surface area contributed by atoms with Crippen molar-refractivity contribution in [2.45, 2.75) is 19.8 Å². The molecule has 0 saturated heterocycles. The minimum Gasteiger partial charge on any atom is -0.497 e. The normalized spacial score (nSPS) is 11.1. The lowest BCUT2D eigenvalue weighted by molar-refractivity contribution is 0.112. The predicted molar refractivity (Wildman–Crippen MR) is 106 cm³/mol. The third kappa shape index (κ3) is 3.29. The highest BCUT2D eigenvalue weighted by atomic mass is 79.9. The monoisotopic (exact) mass is 417 g/mol. The second-order valence-electron chi connectivity index (χ2n) is 6.08. The van der Waals surface area contributed by atoms with E-state index in [1.807, 2.05) is 36.4 Å². The van der Waals surface area contributed by atoms with Crippen molar-refractivity contribution in [2.75, 3.05) is 7.11 Å². The van der Waals surface area contributed by atoms with E-state index in [4.69, 9.17) is 16.3 Å². The molecule has 0 unspecified atom stereocenters. The summed E-state index contributed by atoms with van der Waals surface area (Å²) < 4.78 is 5.96. The first-order valence-corrected chi connectivity index (χ1v) is 9.05. The number of carbonyl (C=O) groups excluding carboxylic acids is 1. The van der Waals surface area contributed by atoms with E-state index in [1.54, 1.807) is 7.11 Å². The van der Waals surface area contributed by atoms with Gasteiger partial charge in [-0.05, 0) is 57.2 Å². The Kier molecular flexibility index (Phi) is 5.11. The number of hydrogen-bond donors (Lipinski definition) is 0. The topological polar surface area (TPSA) is 39.2 Å². The molecule has 3 aromatic rings. The molecule has 0 aliphatic heterocycles. The van der Waals surface area contributed by atoms with Crippen molar-refractivity contribution in [1.29, 1.82) is 0 Å². The van der Waals surface area contributed by atoms with Crippen LogP contribution in [0.1, 0.15) is 35.7 Å². The van der Waals surface area contributed by atoms with Crippen LogP contribution >= 0.6 is 27.5 Å². The molecule has 0 bridgehead atoms. The molecule has 0 spiro atoms. The Labute approximate surface area is 160 Å². The summed E-state index contributed by atoms with van der Waals surface area (Å²) in [4.78, 5) is 15.9. The zero-order valence-corrected chi connectivity index (χ0v) is 16.5. The first kappa shape index (κ1) is 17.9. The Balaban J connectivity index is 2.42. The van der Waals surface area contributed by atoms with Crippen molar-refractivity contribution in [3.05, 3.63) is 57.2 Å². The number of ether oxygens (including phenoxy) is 1. The van der Waals surface area contributed by atoms with Gasteiger partial charge in [0.1, 0.15) is 10.9 Å². The molecule has 0 aliphatic rings. The molecule has 1 aromatic heterocycles. The highest BCUT2D eigenvalue weighted by Crippen LogP contribution is 2.40. The van der Waals surface area contributed by atoms with Gasteiger partial charge in [-0.15, -0.1) is 0 Å². The van der Waals surface area contributed by atoms with Crippen LogP contribution in [-0.4, -0.2) is 18.4 Å². The molecular formula is C20H17BrClNO2. The Hall–Kier alpha value is -1.91. The number of aldehydes is 1. The highest BCUT2D eigenvalue weighted by molar-refractivity contribution is 9.10. The number of benzene rings is 2. The average molecular weight is 419 g/mol. The second-order valence-corrected chi connectivity index (χ2v) is 7.30. The molecule has 0 saturated carbocycles. The van der Waals surface area contributed by atoms with Gasteiger partial charge in [-0.2, -0.15) is 0 Å². The van der Waals surface area contributed by atoms with Gasteiger partial charge < -0.3 is 4.74 Å².